The number of nitrogens with one attached hydrogen (secondary N) is 2. The number of hydrogen-bond acceptors (Lipinski definition) is 6. The van der Waals surface area contributed by atoms with E-state index in [0.29, 0.717) is 21.8 Å². The molecule has 0 saturated heterocycles. The highest BCUT2D eigenvalue weighted by molar-refractivity contribution is 6.31. The van der Waals surface area contributed by atoms with Crippen LogP contribution in [-0.4, -0.2) is 35.0 Å². The fourth-order valence-corrected chi connectivity index (χ4v) is 3.61. The number of carbonyl (C=O) groups excluding carboxylic acids is 2. The van der Waals surface area contributed by atoms with E-state index in [0.717, 1.165) is 0 Å². The van der Waals surface area contributed by atoms with Crippen LogP contribution in [0.5, 0.6) is 5.75 Å². The van der Waals surface area contributed by atoms with E-state index in [1.54, 1.807) is 36.4 Å². The van der Waals surface area contributed by atoms with Crippen LogP contribution in [0.4, 0.5) is 5.69 Å². The van der Waals surface area contributed by atoms with Gasteiger partial charge in [-0.15, -0.1) is 5.10 Å². The molecule has 3 aromatic carbocycles. The Labute approximate surface area is 222 Å². The predicted molar refractivity (Wildman–Crippen MR) is 141 cm³/mol. The summed E-state index contributed by atoms with van der Waals surface area (Å²) in [6.07, 6.45) is -0.0763. The van der Waals surface area contributed by atoms with Crippen LogP contribution in [-0.2, 0) is 22.4 Å². The van der Waals surface area contributed by atoms with Gasteiger partial charge in [-0.3, -0.25) is 4.79 Å². The molecule has 3 rings (SSSR count). The first-order valence-corrected chi connectivity index (χ1v) is 11.6. The summed E-state index contributed by atoms with van der Waals surface area (Å²) in [6, 6.07) is 16.2. The van der Waals surface area contributed by atoms with Crippen molar-refractivity contribution >= 4 is 52.7 Å². The van der Waals surface area contributed by atoms with Crippen LogP contribution in [0.15, 0.2) is 71.8 Å². The molecule has 1 unspecified atom stereocenters. The number of esters is 1. The lowest BCUT2D eigenvalue weighted by Crippen LogP contribution is -2.43. The van der Waals surface area contributed by atoms with Crippen molar-refractivity contribution in [1.82, 2.24) is 5.32 Å². The second-order valence-electron chi connectivity index (χ2n) is 7.83. The molecule has 0 aliphatic carbocycles. The summed E-state index contributed by atoms with van der Waals surface area (Å²) in [7, 11) is 0. The van der Waals surface area contributed by atoms with Gasteiger partial charge in [-0.05, 0) is 59.7 Å². The smallest absolute Gasteiger partial charge is 0.343 e. The van der Waals surface area contributed by atoms with Gasteiger partial charge in [-0.25, -0.2) is 9.59 Å². The Bertz CT molecular complexity index is 1310. The molecule has 0 aliphatic heterocycles. The predicted octanol–water partition coefficient (Wildman–Crippen LogP) is 3.17. The number of nitrogens with zero attached hydrogens (tertiary/aromatic N) is 1. The van der Waals surface area contributed by atoms with Crippen molar-refractivity contribution in [2.24, 2.45) is 16.7 Å². The molecule has 0 spiro atoms. The lowest BCUT2D eigenvalue weighted by atomic mass is 10.1. The molecule has 12 heteroatoms. The second kappa shape index (κ2) is 12.6. The van der Waals surface area contributed by atoms with Crippen molar-refractivity contribution < 1.29 is 24.2 Å². The average Bonchev–Trinajstić information content (AvgIpc) is 2.86. The molecule has 0 bridgehead atoms. The fourth-order valence-electron chi connectivity index (χ4n) is 3.25. The molecule has 0 aliphatic rings. The van der Waals surface area contributed by atoms with Crippen molar-refractivity contribution in [2.75, 3.05) is 5.32 Å². The highest BCUT2D eigenvalue weighted by Crippen LogP contribution is 2.24. The van der Waals surface area contributed by atoms with E-state index in [1.807, 2.05) is 0 Å². The number of hydrogen-bond donors (Lipinski definition) is 5. The Morgan fingerprint density at radius 3 is 2.27 bits per heavy atom. The monoisotopic (exact) mass is 543 g/mol. The van der Waals surface area contributed by atoms with Crippen molar-refractivity contribution in [2.45, 2.75) is 18.9 Å². The van der Waals surface area contributed by atoms with Gasteiger partial charge in [-0.2, -0.15) is 0 Å². The number of amides is 1. The van der Waals surface area contributed by atoms with E-state index in [-0.39, 0.29) is 35.1 Å². The number of nitrogens with two attached hydrogens (primary N) is 2. The lowest BCUT2D eigenvalue weighted by molar-refractivity contribution is -0.141. The summed E-state index contributed by atoms with van der Waals surface area (Å²) < 4.78 is 5.35. The van der Waals surface area contributed by atoms with E-state index in [9.17, 15) is 19.5 Å². The Kier molecular flexibility index (Phi) is 9.31. The Balaban J connectivity index is 1.59. The van der Waals surface area contributed by atoms with E-state index in [1.165, 1.54) is 30.3 Å². The molecule has 37 heavy (non-hydrogen) atoms. The van der Waals surface area contributed by atoms with Crippen LogP contribution < -0.4 is 26.9 Å². The minimum absolute atomic E-state index is 0.0128. The van der Waals surface area contributed by atoms with Gasteiger partial charge < -0.3 is 32.1 Å². The van der Waals surface area contributed by atoms with Gasteiger partial charge in [0.05, 0.1) is 12.0 Å². The lowest BCUT2D eigenvalue weighted by Gasteiger charge is -2.15. The summed E-state index contributed by atoms with van der Waals surface area (Å²) >= 11 is 12.1. The maximum atomic E-state index is 12.5. The molecule has 0 fully saturated rings. The van der Waals surface area contributed by atoms with Crippen LogP contribution in [0, 0.1) is 0 Å². The number of halogens is 2. The number of carbonyl (C=O) groups is 3. The number of ether oxygens (including phenoxy) is 1. The second-order valence-corrected chi connectivity index (χ2v) is 8.67. The number of guanidine groups is 1. The molecule has 0 aromatic heterocycles. The normalized spacial score (nSPS) is 11.9. The highest BCUT2D eigenvalue weighted by Gasteiger charge is 2.21. The number of carboxylic acids is 1. The van der Waals surface area contributed by atoms with E-state index < -0.39 is 23.9 Å². The number of carboxylic acid groups (broad SMARTS) is 1. The van der Waals surface area contributed by atoms with E-state index in [4.69, 9.17) is 39.5 Å². The van der Waals surface area contributed by atoms with Gasteiger partial charge in [-0.1, -0.05) is 41.4 Å². The number of aliphatic carboxylic acids is 1. The minimum atomic E-state index is -1.17. The average molecular weight is 544 g/mol. The molecule has 7 N–H and O–H groups in total. The third kappa shape index (κ3) is 8.13. The van der Waals surface area contributed by atoms with Crippen LogP contribution in [0.2, 0.25) is 10.0 Å². The van der Waals surface area contributed by atoms with E-state index in [2.05, 4.69) is 15.7 Å². The van der Waals surface area contributed by atoms with Crippen LogP contribution in [0.3, 0.4) is 0 Å². The van der Waals surface area contributed by atoms with Gasteiger partial charge in [0, 0.05) is 22.2 Å². The molecule has 0 heterocycles. The SMILES string of the molecule is NN=C(N)Nc1ccc(C(=O)Oc2ccc(CC(=O)NC(Cc3ccc(Cl)cc3)C(=O)O)c(Cl)c2)cc1. The van der Waals surface area contributed by atoms with E-state index >= 15 is 0 Å². The molecule has 0 saturated carbocycles. The standard InChI is InChI=1S/C25H23Cl2N5O5/c26-17-6-1-14(2-7-17)11-21(23(34)35)31-22(33)12-16-5-10-19(13-20(16)27)37-24(36)15-3-8-18(9-4-15)30-25(28)32-29/h1-10,13,21H,11-12,29H2,(H,31,33)(H,34,35)(H3,28,30,32). The van der Waals surface area contributed by atoms with Gasteiger partial charge in [0.15, 0.2) is 0 Å². The summed E-state index contributed by atoms with van der Waals surface area (Å²) in [5.74, 6) is 2.93. The maximum Gasteiger partial charge on any atom is 0.343 e. The molecule has 1 amide bonds. The summed E-state index contributed by atoms with van der Waals surface area (Å²) in [5, 5.41) is 18.7. The first kappa shape index (κ1) is 27.3. The molecular weight excluding hydrogens is 521 g/mol. The topological polar surface area (TPSA) is 169 Å². The largest absolute Gasteiger partial charge is 0.480 e. The number of hydrazone groups is 1. The third-order valence-electron chi connectivity index (χ3n) is 5.10. The molecular formula is C25H23Cl2N5O5. The van der Waals surface area contributed by atoms with Crippen molar-refractivity contribution in [3.8, 4) is 5.75 Å². The Morgan fingerprint density at radius 2 is 1.68 bits per heavy atom. The Morgan fingerprint density at radius 1 is 1.00 bits per heavy atom. The fraction of sp³-hybridized carbons (Fsp3) is 0.120. The van der Waals surface area contributed by atoms with Gasteiger partial charge >= 0.3 is 11.9 Å². The molecule has 3 aromatic rings. The zero-order chi connectivity index (χ0) is 26.9. The number of benzene rings is 3. The first-order chi connectivity index (χ1) is 17.6. The van der Waals surface area contributed by atoms with Crippen LogP contribution in [0.25, 0.3) is 0 Å². The molecule has 10 nitrogen and oxygen atoms in total. The molecule has 0 radical (unpaired) electrons. The zero-order valence-corrected chi connectivity index (χ0v) is 20.8. The van der Waals surface area contributed by atoms with Gasteiger partial charge in [0.2, 0.25) is 11.9 Å². The van der Waals surface area contributed by atoms with Crippen LogP contribution >= 0.6 is 23.2 Å². The highest BCUT2D eigenvalue weighted by atomic mass is 35.5. The van der Waals surface area contributed by atoms with Crippen molar-refractivity contribution in [1.29, 1.82) is 0 Å². The summed E-state index contributed by atoms with van der Waals surface area (Å²) in [6.45, 7) is 0. The zero-order valence-electron chi connectivity index (χ0n) is 19.3. The van der Waals surface area contributed by atoms with Gasteiger partial charge in [0.25, 0.3) is 0 Å². The molecule has 192 valence electrons. The van der Waals surface area contributed by atoms with Crippen molar-refractivity contribution in [3.05, 3.63) is 93.5 Å². The van der Waals surface area contributed by atoms with Crippen molar-refractivity contribution in [3.63, 3.8) is 0 Å². The first-order valence-electron chi connectivity index (χ1n) is 10.8. The van der Waals surface area contributed by atoms with Crippen LogP contribution in [0.1, 0.15) is 21.5 Å². The maximum absolute atomic E-state index is 12.5. The molecule has 1 atom stereocenters. The quantitative estimate of drug-likeness (QED) is 0.0683. The Hall–Kier alpha value is -4.28. The minimum Gasteiger partial charge on any atom is -0.480 e. The number of anilines is 1. The van der Waals surface area contributed by atoms with Gasteiger partial charge in [0.1, 0.15) is 11.8 Å². The summed E-state index contributed by atoms with van der Waals surface area (Å²) in [5.41, 5.74) is 7.48. The number of rotatable bonds is 9. The third-order valence-corrected chi connectivity index (χ3v) is 5.71. The summed E-state index contributed by atoms with van der Waals surface area (Å²) in [4.78, 5) is 36.6.